The van der Waals surface area contributed by atoms with Gasteiger partial charge in [0, 0.05) is 18.6 Å². The minimum Gasteiger partial charge on any atom is -0.330 e. The third-order valence-electron chi connectivity index (χ3n) is 3.98. The number of hydrogen-bond donors (Lipinski definition) is 0. The first-order valence-corrected chi connectivity index (χ1v) is 9.23. The second-order valence-electron chi connectivity index (χ2n) is 5.57. The van der Waals surface area contributed by atoms with E-state index >= 15 is 0 Å². The fourth-order valence-corrected chi connectivity index (χ4v) is 3.30. The molecule has 0 fully saturated rings. The Bertz CT molecular complexity index is 898. The van der Waals surface area contributed by atoms with E-state index in [0.717, 1.165) is 16.7 Å². The Morgan fingerprint density at radius 1 is 1.04 bits per heavy atom. The molecule has 1 atom stereocenters. The highest BCUT2D eigenvalue weighted by atomic mass is 32.2. The molecule has 23 heavy (non-hydrogen) atoms. The molecule has 1 unspecified atom stereocenters. The van der Waals surface area contributed by atoms with Crippen LogP contribution in [-0.2, 0) is 9.84 Å². The molecule has 2 aromatic carbocycles. The van der Waals surface area contributed by atoms with Gasteiger partial charge in [0.05, 0.1) is 17.3 Å². The highest BCUT2D eigenvalue weighted by Gasteiger charge is 2.13. The molecule has 0 aliphatic carbocycles. The largest absolute Gasteiger partial charge is 0.330 e. The van der Waals surface area contributed by atoms with Gasteiger partial charge < -0.3 is 4.57 Å². The topological polar surface area (TPSA) is 52.0 Å². The third kappa shape index (κ3) is 3.19. The predicted octanol–water partition coefficient (Wildman–Crippen LogP) is 3.56. The lowest BCUT2D eigenvalue weighted by Crippen LogP contribution is -2.06. The smallest absolute Gasteiger partial charge is 0.175 e. The number of aromatic nitrogens is 2. The molecule has 3 aromatic rings. The molecule has 5 heteroatoms. The van der Waals surface area contributed by atoms with Crippen LogP contribution in [0.3, 0.4) is 0 Å². The Kier molecular flexibility index (Phi) is 4.05. The molecule has 0 N–H and O–H groups in total. The fourth-order valence-electron chi connectivity index (χ4n) is 2.67. The van der Waals surface area contributed by atoms with E-state index in [1.807, 2.05) is 35.0 Å². The van der Waals surface area contributed by atoms with Crippen LogP contribution in [0.1, 0.15) is 18.5 Å². The van der Waals surface area contributed by atoms with Crippen molar-refractivity contribution in [1.29, 1.82) is 0 Å². The Labute approximate surface area is 136 Å². The van der Waals surface area contributed by atoms with E-state index in [0.29, 0.717) is 4.90 Å². The minimum absolute atomic E-state index is 0.142. The van der Waals surface area contributed by atoms with Gasteiger partial charge in [-0.25, -0.2) is 13.4 Å². The molecule has 1 heterocycles. The zero-order valence-corrected chi connectivity index (χ0v) is 13.9. The van der Waals surface area contributed by atoms with E-state index in [1.165, 1.54) is 6.26 Å². The predicted molar refractivity (Wildman–Crippen MR) is 91.0 cm³/mol. The zero-order chi connectivity index (χ0) is 16.4. The Morgan fingerprint density at radius 3 is 2.35 bits per heavy atom. The lowest BCUT2D eigenvalue weighted by Gasteiger charge is -2.18. The third-order valence-corrected chi connectivity index (χ3v) is 5.10. The maximum Gasteiger partial charge on any atom is 0.175 e. The van der Waals surface area contributed by atoms with Crippen molar-refractivity contribution in [3.63, 3.8) is 0 Å². The Hall–Kier alpha value is -2.40. The van der Waals surface area contributed by atoms with E-state index in [4.69, 9.17) is 0 Å². The number of benzene rings is 2. The maximum absolute atomic E-state index is 11.6. The van der Waals surface area contributed by atoms with Gasteiger partial charge in [0.1, 0.15) is 0 Å². The van der Waals surface area contributed by atoms with Crippen molar-refractivity contribution in [3.05, 3.63) is 72.8 Å². The molecule has 0 saturated carbocycles. The molecule has 1 aromatic heterocycles. The number of imidazole rings is 1. The molecule has 0 aliphatic heterocycles. The number of sulfone groups is 1. The average molecular weight is 326 g/mol. The summed E-state index contributed by atoms with van der Waals surface area (Å²) < 4.78 is 25.2. The van der Waals surface area contributed by atoms with Crippen molar-refractivity contribution in [2.45, 2.75) is 17.9 Å². The first-order chi connectivity index (χ1) is 11.0. The molecule has 3 rings (SSSR count). The van der Waals surface area contributed by atoms with Crippen LogP contribution in [0.4, 0.5) is 0 Å². The molecule has 0 radical (unpaired) electrons. The standard InChI is InChI=1S/C18H18N2O2S/c1-14(20-12-11-19-13-20)17-5-3-4-6-18(17)15-7-9-16(10-8-15)23(2,21)22/h3-14H,1-2H3. The van der Waals surface area contributed by atoms with Gasteiger partial charge in [-0.1, -0.05) is 36.4 Å². The summed E-state index contributed by atoms with van der Waals surface area (Å²) in [7, 11) is -3.18. The van der Waals surface area contributed by atoms with Crippen molar-refractivity contribution in [1.82, 2.24) is 9.55 Å². The van der Waals surface area contributed by atoms with Gasteiger partial charge in [0.15, 0.2) is 9.84 Å². The Balaban J connectivity index is 2.04. The summed E-state index contributed by atoms with van der Waals surface area (Å²) >= 11 is 0. The van der Waals surface area contributed by atoms with Crippen LogP contribution < -0.4 is 0 Å². The second-order valence-corrected chi connectivity index (χ2v) is 7.59. The van der Waals surface area contributed by atoms with Crippen LogP contribution in [0.2, 0.25) is 0 Å². The van der Waals surface area contributed by atoms with E-state index in [-0.39, 0.29) is 6.04 Å². The summed E-state index contributed by atoms with van der Waals surface area (Å²) in [6.45, 7) is 2.12. The molecule has 0 spiro atoms. The normalized spacial score (nSPS) is 13.0. The molecule has 118 valence electrons. The second kappa shape index (κ2) is 6.01. The molecular weight excluding hydrogens is 308 g/mol. The number of rotatable bonds is 4. The average Bonchev–Trinajstić information content (AvgIpc) is 3.08. The van der Waals surface area contributed by atoms with Gasteiger partial charge in [0.25, 0.3) is 0 Å². The maximum atomic E-state index is 11.6. The van der Waals surface area contributed by atoms with Crippen LogP contribution in [-0.4, -0.2) is 24.2 Å². The summed E-state index contributed by atoms with van der Waals surface area (Å²) in [6, 6.07) is 15.3. The van der Waals surface area contributed by atoms with Crippen LogP contribution in [0.15, 0.2) is 72.1 Å². The molecule has 0 aliphatic rings. The SMILES string of the molecule is CC(c1ccccc1-c1ccc(S(C)(=O)=O)cc1)n1ccnc1. The van der Waals surface area contributed by atoms with Gasteiger partial charge >= 0.3 is 0 Å². The molecule has 0 saturated heterocycles. The lowest BCUT2D eigenvalue weighted by atomic mass is 9.95. The Morgan fingerprint density at radius 2 is 1.74 bits per heavy atom. The quantitative estimate of drug-likeness (QED) is 0.736. The summed E-state index contributed by atoms with van der Waals surface area (Å²) in [5, 5.41) is 0. The molecule has 0 amide bonds. The van der Waals surface area contributed by atoms with Crippen LogP contribution in [0, 0.1) is 0 Å². The summed E-state index contributed by atoms with van der Waals surface area (Å²) in [6.07, 6.45) is 6.72. The van der Waals surface area contributed by atoms with Crippen LogP contribution in [0.5, 0.6) is 0 Å². The van der Waals surface area contributed by atoms with Gasteiger partial charge in [-0.2, -0.15) is 0 Å². The van der Waals surface area contributed by atoms with Crippen molar-refractivity contribution < 1.29 is 8.42 Å². The molecule has 0 bridgehead atoms. The van der Waals surface area contributed by atoms with Crippen molar-refractivity contribution >= 4 is 9.84 Å². The monoisotopic (exact) mass is 326 g/mol. The van der Waals surface area contributed by atoms with E-state index in [1.54, 1.807) is 24.7 Å². The van der Waals surface area contributed by atoms with Gasteiger partial charge in [-0.3, -0.25) is 0 Å². The summed E-state index contributed by atoms with van der Waals surface area (Å²) in [5.41, 5.74) is 3.26. The van der Waals surface area contributed by atoms with Crippen LogP contribution in [0.25, 0.3) is 11.1 Å². The highest BCUT2D eigenvalue weighted by Crippen LogP contribution is 2.30. The van der Waals surface area contributed by atoms with E-state index in [2.05, 4.69) is 24.0 Å². The first kappa shape index (κ1) is 15.5. The fraction of sp³-hybridized carbons (Fsp3) is 0.167. The lowest BCUT2D eigenvalue weighted by molar-refractivity contribution is 0.602. The number of hydrogen-bond acceptors (Lipinski definition) is 3. The first-order valence-electron chi connectivity index (χ1n) is 7.33. The zero-order valence-electron chi connectivity index (χ0n) is 13.0. The number of nitrogens with zero attached hydrogens (tertiary/aromatic N) is 2. The van der Waals surface area contributed by atoms with Gasteiger partial charge in [0.2, 0.25) is 0 Å². The van der Waals surface area contributed by atoms with Crippen molar-refractivity contribution in [3.8, 4) is 11.1 Å². The molecular formula is C18H18N2O2S. The summed E-state index contributed by atoms with van der Waals surface area (Å²) in [5.74, 6) is 0. The van der Waals surface area contributed by atoms with Crippen molar-refractivity contribution in [2.24, 2.45) is 0 Å². The van der Waals surface area contributed by atoms with Crippen molar-refractivity contribution in [2.75, 3.05) is 6.26 Å². The molecule has 4 nitrogen and oxygen atoms in total. The van der Waals surface area contributed by atoms with Crippen LogP contribution >= 0.6 is 0 Å². The van der Waals surface area contributed by atoms with Gasteiger partial charge in [-0.05, 0) is 35.7 Å². The highest BCUT2D eigenvalue weighted by molar-refractivity contribution is 7.90. The minimum atomic E-state index is -3.18. The summed E-state index contributed by atoms with van der Waals surface area (Å²) in [4.78, 5) is 4.44. The van der Waals surface area contributed by atoms with E-state index < -0.39 is 9.84 Å². The van der Waals surface area contributed by atoms with E-state index in [9.17, 15) is 8.42 Å². The van der Waals surface area contributed by atoms with Gasteiger partial charge in [-0.15, -0.1) is 0 Å².